The number of nitrogens with zero attached hydrogens (tertiary/aromatic N) is 1. The Morgan fingerprint density at radius 3 is 2.50 bits per heavy atom. The molecule has 1 heterocycles. The van der Waals surface area contributed by atoms with Crippen molar-refractivity contribution in [1.29, 1.82) is 0 Å². The summed E-state index contributed by atoms with van der Waals surface area (Å²) < 4.78 is 4.89. The number of hydrogen-bond donors (Lipinski definition) is 1. The molecule has 0 saturated carbocycles. The van der Waals surface area contributed by atoms with E-state index in [0.29, 0.717) is 6.04 Å². The summed E-state index contributed by atoms with van der Waals surface area (Å²) in [6, 6.07) is 0.366. The van der Waals surface area contributed by atoms with Gasteiger partial charge in [0, 0.05) is 12.6 Å². The molecule has 5 heteroatoms. The van der Waals surface area contributed by atoms with Crippen LogP contribution < -0.4 is 5.32 Å². The van der Waals surface area contributed by atoms with Gasteiger partial charge in [0.1, 0.15) is 0 Å². The second-order valence-corrected chi connectivity index (χ2v) is 4.71. The smallest absolute Gasteiger partial charge is 0.409 e. The molecule has 0 bridgehead atoms. The van der Waals surface area contributed by atoms with Crippen molar-refractivity contribution in [3.05, 3.63) is 0 Å². The highest BCUT2D eigenvalue weighted by Gasteiger charge is 2.25. The summed E-state index contributed by atoms with van der Waals surface area (Å²) >= 11 is 0. The van der Waals surface area contributed by atoms with Crippen molar-refractivity contribution in [2.24, 2.45) is 0 Å². The number of carbonyl (C=O) groups is 1. The van der Waals surface area contributed by atoms with E-state index in [1.165, 1.54) is 26.4 Å². The Labute approximate surface area is 117 Å². The van der Waals surface area contributed by atoms with Crippen LogP contribution in [0.25, 0.3) is 0 Å². The Morgan fingerprint density at radius 1 is 1.28 bits per heavy atom. The van der Waals surface area contributed by atoms with Crippen LogP contribution in [-0.2, 0) is 4.74 Å². The molecule has 0 unspecified atom stereocenters. The van der Waals surface area contributed by atoms with Crippen molar-refractivity contribution in [3.63, 3.8) is 0 Å². The molecular formula is C13H27ClN2O2. The van der Waals surface area contributed by atoms with Crippen LogP contribution in [0, 0.1) is 0 Å². The van der Waals surface area contributed by atoms with Gasteiger partial charge in [-0.3, -0.25) is 0 Å². The van der Waals surface area contributed by atoms with E-state index in [2.05, 4.69) is 12.2 Å². The Kier molecular flexibility index (Phi) is 10.2. The van der Waals surface area contributed by atoms with Crippen molar-refractivity contribution in [2.45, 2.75) is 51.5 Å². The summed E-state index contributed by atoms with van der Waals surface area (Å²) in [4.78, 5) is 13.7. The average Bonchev–Trinajstić information content (AvgIpc) is 2.39. The first kappa shape index (κ1) is 17.5. The van der Waals surface area contributed by atoms with E-state index in [0.717, 1.165) is 38.9 Å². The zero-order chi connectivity index (χ0) is 12.5. The average molecular weight is 279 g/mol. The number of ether oxygens (including phenoxy) is 1. The maximum atomic E-state index is 11.8. The first-order valence-electron chi connectivity index (χ1n) is 6.85. The van der Waals surface area contributed by atoms with Crippen LogP contribution in [0.4, 0.5) is 4.79 Å². The standard InChI is InChI=1S/C13H26N2O2.ClH/c1-3-4-5-6-11-15(13(16)17-2)12-7-9-14-10-8-12;/h12,14H,3-11H2,1-2H3;1H. The van der Waals surface area contributed by atoms with Crippen molar-refractivity contribution >= 4 is 18.5 Å². The molecule has 4 nitrogen and oxygen atoms in total. The van der Waals surface area contributed by atoms with Gasteiger partial charge in [0.05, 0.1) is 7.11 Å². The van der Waals surface area contributed by atoms with E-state index in [9.17, 15) is 4.79 Å². The third kappa shape index (κ3) is 5.91. The molecule has 0 spiro atoms. The van der Waals surface area contributed by atoms with E-state index in [-0.39, 0.29) is 18.5 Å². The summed E-state index contributed by atoms with van der Waals surface area (Å²) in [5.41, 5.74) is 0. The number of unbranched alkanes of at least 4 members (excludes halogenated alkanes) is 3. The second kappa shape index (κ2) is 10.4. The van der Waals surface area contributed by atoms with Crippen molar-refractivity contribution < 1.29 is 9.53 Å². The Balaban J connectivity index is 0.00000289. The number of halogens is 1. The Morgan fingerprint density at radius 2 is 1.94 bits per heavy atom. The van der Waals surface area contributed by atoms with Gasteiger partial charge in [0.2, 0.25) is 0 Å². The second-order valence-electron chi connectivity index (χ2n) is 4.71. The molecule has 0 atom stereocenters. The summed E-state index contributed by atoms with van der Waals surface area (Å²) in [5, 5.41) is 3.32. The lowest BCUT2D eigenvalue weighted by molar-refractivity contribution is 0.0946. The van der Waals surface area contributed by atoms with Crippen molar-refractivity contribution in [2.75, 3.05) is 26.7 Å². The van der Waals surface area contributed by atoms with Gasteiger partial charge < -0.3 is 15.0 Å². The number of methoxy groups -OCH3 is 1. The number of nitrogens with one attached hydrogen (secondary N) is 1. The van der Waals surface area contributed by atoms with Gasteiger partial charge in [-0.25, -0.2) is 4.79 Å². The number of rotatable bonds is 6. The molecule has 0 aromatic heterocycles. The van der Waals surface area contributed by atoms with Crippen LogP contribution in [0.15, 0.2) is 0 Å². The molecule has 108 valence electrons. The summed E-state index contributed by atoms with van der Waals surface area (Å²) in [6.45, 7) is 5.06. The molecule has 1 fully saturated rings. The highest BCUT2D eigenvalue weighted by atomic mass is 35.5. The zero-order valence-electron chi connectivity index (χ0n) is 11.6. The minimum Gasteiger partial charge on any atom is -0.453 e. The van der Waals surface area contributed by atoms with Gasteiger partial charge in [0.15, 0.2) is 0 Å². The van der Waals surface area contributed by atoms with Crippen LogP contribution in [0.3, 0.4) is 0 Å². The minimum absolute atomic E-state index is 0. The highest BCUT2D eigenvalue weighted by molar-refractivity contribution is 5.85. The van der Waals surface area contributed by atoms with Gasteiger partial charge in [-0.05, 0) is 32.4 Å². The lowest BCUT2D eigenvalue weighted by atomic mass is 10.0. The van der Waals surface area contributed by atoms with E-state index in [1.807, 2.05) is 4.90 Å². The van der Waals surface area contributed by atoms with Crippen LogP contribution in [0.1, 0.15) is 45.4 Å². The van der Waals surface area contributed by atoms with E-state index in [1.54, 1.807) is 0 Å². The summed E-state index contributed by atoms with van der Waals surface area (Å²) in [6.07, 6.45) is 6.70. The zero-order valence-corrected chi connectivity index (χ0v) is 12.4. The predicted molar refractivity (Wildman–Crippen MR) is 76.4 cm³/mol. The monoisotopic (exact) mass is 278 g/mol. The molecule has 0 radical (unpaired) electrons. The quantitative estimate of drug-likeness (QED) is 0.760. The lowest BCUT2D eigenvalue weighted by Crippen LogP contribution is -2.46. The van der Waals surface area contributed by atoms with Crippen molar-refractivity contribution in [3.8, 4) is 0 Å². The molecule has 18 heavy (non-hydrogen) atoms. The Bertz CT molecular complexity index is 221. The van der Waals surface area contributed by atoms with E-state index < -0.39 is 0 Å². The van der Waals surface area contributed by atoms with Crippen LogP contribution >= 0.6 is 12.4 Å². The maximum Gasteiger partial charge on any atom is 0.409 e. The van der Waals surface area contributed by atoms with Crippen molar-refractivity contribution in [1.82, 2.24) is 10.2 Å². The van der Waals surface area contributed by atoms with Gasteiger partial charge in [-0.15, -0.1) is 12.4 Å². The number of piperidine rings is 1. The van der Waals surface area contributed by atoms with E-state index >= 15 is 0 Å². The predicted octanol–water partition coefficient (Wildman–Crippen LogP) is 2.81. The first-order valence-corrected chi connectivity index (χ1v) is 6.85. The number of amides is 1. The Hall–Kier alpha value is -0.480. The third-order valence-corrected chi connectivity index (χ3v) is 3.41. The molecule has 0 aliphatic carbocycles. The SMILES string of the molecule is CCCCCCN(C(=O)OC)C1CCNCC1.Cl. The van der Waals surface area contributed by atoms with E-state index in [4.69, 9.17) is 4.74 Å². The van der Waals surface area contributed by atoms with Gasteiger partial charge in [-0.1, -0.05) is 26.2 Å². The van der Waals surface area contributed by atoms with Crippen LogP contribution in [0.5, 0.6) is 0 Å². The fourth-order valence-electron chi connectivity index (χ4n) is 2.37. The number of hydrogen-bond acceptors (Lipinski definition) is 3. The molecule has 0 aromatic rings. The highest BCUT2D eigenvalue weighted by Crippen LogP contribution is 2.14. The fourth-order valence-corrected chi connectivity index (χ4v) is 2.37. The van der Waals surface area contributed by atoms with Gasteiger partial charge in [-0.2, -0.15) is 0 Å². The molecule has 1 N–H and O–H groups in total. The minimum atomic E-state index is -0.159. The number of carbonyl (C=O) groups excluding carboxylic acids is 1. The largest absolute Gasteiger partial charge is 0.453 e. The molecular weight excluding hydrogens is 252 g/mol. The van der Waals surface area contributed by atoms with Gasteiger partial charge in [0.25, 0.3) is 0 Å². The lowest BCUT2D eigenvalue weighted by Gasteiger charge is -2.33. The molecule has 1 amide bonds. The topological polar surface area (TPSA) is 41.6 Å². The molecule has 1 aliphatic rings. The first-order chi connectivity index (χ1) is 8.29. The fraction of sp³-hybridized carbons (Fsp3) is 0.923. The molecule has 1 aliphatic heterocycles. The molecule has 0 aromatic carbocycles. The normalized spacial score (nSPS) is 15.9. The summed E-state index contributed by atoms with van der Waals surface area (Å²) in [5.74, 6) is 0. The third-order valence-electron chi connectivity index (χ3n) is 3.41. The van der Waals surface area contributed by atoms with Gasteiger partial charge >= 0.3 is 6.09 Å². The van der Waals surface area contributed by atoms with Crippen LogP contribution in [0.2, 0.25) is 0 Å². The molecule has 1 saturated heterocycles. The molecule has 1 rings (SSSR count). The summed E-state index contributed by atoms with van der Waals surface area (Å²) in [7, 11) is 1.47. The maximum absolute atomic E-state index is 11.8. The van der Waals surface area contributed by atoms with Crippen LogP contribution in [-0.4, -0.2) is 43.8 Å².